The van der Waals surface area contributed by atoms with E-state index in [9.17, 15) is 43.9 Å². The third-order valence-electron chi connectivity index (χ3n) is 2.96. The molecule has 0 saturated carbocycles. The molecule has 30 heavy (non-hydrogen) atoms. The van der Waals surface area contributed by atoms with E-state index in [0.717, 1.165) is 0 Å². The fraction of sp³-hybridized carbons (Fsp3) is 0.143. The summed E-state index contributed by atoms with van der Waals surface area (Å²) in [6.45, 7) is 0. The van der Waals surface area contributed by atoms with Gasteiger partial charge in [0.05, 0.1) is 0 Å². The van der Waals surface area contributed by atoms with Crippen LogP contribution in [0.3, 0.4) is 0 Å². The van der Waals surface area contributed by atoms with Crippen molar-refractivity contribution in [1.29, 1.82) is 0 Å². The van der Waals surface area contributed by atoms with Crippen LogP contribution in [0.2, 0.25) is 0 Å². The maximum Gasteiger partial charge on any atom is 0.488 e. The summed E-state index contributed by atoms with van der Waals surface area (Å²) in [7, 11) is -2.23. The van der Waals surface area contributed by atoms with Gasteiger partial charge in [0.2, 0.25) is 0 Å². The molecule has 0 unspecified atom stereocenters. The van der Waals surface area contributed by atoms with E-state index in [1.54, 1.807) is 0 Å². The Balaban J connectivity index is 0.000000522. The Bertz CT molecular complexity index is 808. The lowest BCUT2D eigenvalue weighted by molar-refractivity contribution is -0.176. The molecule has 0 heterocycles. The quantitative estimate of drug-likeness (QED) is 0.195. The Hall–Kier alpha value is -2.56. The van der Waals surface area contributed by atoms with E-state index in [4.69, 9.17) is 25.7 Å². The lowest BCUT2D eigenvalue weighted by atomic mass is 9.80. The summed E-state index contributed by atoms with van der Waals surface area (Å²) < 4.78 is 122. The SMILES string of the molecule is OB(O)c1cc(F)c(C(F)(F)F)c(F)c1.OO.Oc1cc(F)c(C(F)(F)F)c(F)c1. The van der Waals surface area contributed by atoms with Crippen molar-refractivity contribution in [2.24, 2.45) is 0 Å². The van der Waals surface area contributed by atoms with Gasteiger partial charge in [-0.05, 0) is 17.6 Å². The standard InChI is InChI=1S/C7H4BF5O2.C7H3F5O.H2O2/c9-4-1-3(8(14)15)2-5(10)6(4)7(11,12)13;8-4-1-3(13)2-5(9)6(4)7(10,11)12;1-2/h1-2,14-15H;1-2,13H;1-2H. The van der Waals surface area contributed by atoms with Crippen LogP contribution in [-0.2, 0) is 12.4 Å². The number of rotatable bonds is 1. The van der Waals surface area contributed by atoms with Crippen LogP contribution in [0, 0.1) is 23.3 Å². The summed E-state index contributed by atoms with van der Waals surface area (Å²) in [6.07, 6.45) is -10.3. The molecule has 2 aromatic carbocycles. The van der Waals surface area contributed by atoms with E-state index in [1.165, 1.54) is 0 Å². The van der Waals surface area contributed by atoms with E-state index >= 15 is 0 Å². The second-order valence-electron chi connectivity index (χ2n) is 5.01. The number of hydrogen-bond donors (Lipinski definition) is 5. The third-order valence-corrected chi connectivity index (χ3v) is 2.96. The van der Waals surface area contributed by atoms with E-state index in [1.807, 2.05) is 0 Å². The molecule has 0 fully saturated rings. The molecule has 0 amide bonds. The summed E-state index contributed by atoms with van der Waals surface area (Å²) >= 11 is 0. The maximum absolute atomic E-state index is 12.8. The molecule has 0 bridgehead atoms. The number of aromatic hydroxyl groups is 1. The molecular weight excluding hydrogens is 449 g/mol. The topological polar surface area (TPSA) is 101 Å². The molecule has 0 spiro atoms. The van der Waals surface area contributed by atoms with Gasteiger partial charge in [-0.15, -0.1) is 0 Å². The van der Waals surface area contributed by atoms with Gasteiger partial charge in [0, 0.05) is 12.1 Å². The third kappa shape index (κ3) is 7.36. The first-order chi connectivity index (χ1) is 13.6. The largest absolute Gasteiger partial charge is 0.508 e. The molecule has 0 aliphatic heterocycles. The second kappa shape index (κ2) is 10.5. The average molecular weight is 458 g/mol. The second-order valence-corrected chi connectivity index (χ2v) is 5.01. The van der Waals surface area contributed by atoms with Crippen LogP contribution in [0.5, 0.6) is 5.75 Å². The highest BCUT2D eigenvalue weighted by atomic mass is 19.4. The fourth-order valence-corrected chi connectivity index (χ4v) is 1.84. The highest BCUT2D eigenvalue weighted by Gasteiger charge is 2.39. The van der Waals surface area contributed by atoms with E-state index in [2.05, 4.69) is 0 Å². The normalized spacial score (nSPS) is 11.1. The number of phenolic OH excluding ortho intramolecular Hbond substituents is 1. The van der Waals surface area contributed by atoms with Gasteiger partial charge < -0.3 is 15.2 Å². The summed E-state index contributed by atoms with van der Waals surface area (Å²) in [5.41, 5.74) is -4.73. The minimum Gasteiger partial charge on any atom is -0.508 e. The summed E-state index contributed by atoms with van der Waals surface area (Å²) in [5, 5.41) is 37.6. The molecule has 0 aromatic heterocycles. The van der Waals surface area contributed by atoms with Gasteiger partial charge >= 0.3 is 19.5 Å². The van der Waals surface area contributed by atoms with Crippen molar-refractivity contribution in [3.05, 3.63) is 58.7 Å². The fourth-order valence-electron chi connectivity index (χ4n) is 1.84. The van der Waals surface area contributed by atoms with Crippen LogP contribution in [0.1, 0.15) is 11.1 Å². The molecule has 0 saturated heterocycles. The van der Waals surface area contributed by atoms with Crippen LogP contribution in [0.15, 0.2) is 24.3 Å². The maximum atomic E-state index is 12.8. The van der Waals surface area contributed by atoms with Crippen LogP contribution in [0.25, 0.3) is 0 Å². The van der Waals surface area contributed by atoms with E-state index in [-0.39, 0.29) is 24.3 Å². The van der Waals surface area contributed by atoms with Crippen LogP contribution in [0.4, 0.5) is 43.9 Å². The van der Waals surface area contributed by atoms with Crippen molar-refractivity contribution in [2.75, 3.05) is 0 Å². The molecule has 5 nitrogen and oxygen atoms in total. The number of hydrogen-bond acceptors (Lipinski definition) is 5. The van der Waals surface area contributed by atoms with Crippen LogP contribution >= 0.6 is 0 Å². The Morgan fingerprint density at radius 3 is 1.10 bits per heavy atom. The lowest BCUT2D eigenvalue weighted by Crippen LogP contribution is -2.31. The van der Waals surface area contributed by atoms with E-state index < -0.39 is 65.1 Å². The van der Waals surface area contributed by atoms with E-state index in [0.29, 0.717) is 0 Å². The van der Waals surface area contributed by atoms with Crippen molar-refractivity contribution in [2.45, 2.75) is 12.4 Å². The van der Waals surface area contributed by atoms with Crippen LogP contribution in [-0.4, -0.2) is 32.8 Å². The Morgan fingerprint density at radius 1 is 0.600 bits per heavy atom. The first-order valence-corrected chi connectivity index (χ1v) is 6.93. The number of benzene rings is 2. The molecule has 168 valence electrons. The Labute approximate surface area is 160 Å². The smallest absolute Gasteiger partial charge is 0.488 e. The van der Waals surface area contributed by atoms with Crippen molar-refractivity contribution in [3.8, 4) is 5.75 Å². The summed E-state index contributed by atoms with van der Waals surface area (Å²) in [4.78, 5) is 0. The van der Waals surface area contributed by atoms with Crippen molar-refractivity contribution >= 4 is 12.6 Å². The molecular formula is C14H9BF10O5. The number of halogens is 10. The van der Waals surface area contributed by atoms with Crippen LogP contribution < -0.4 is 5.46 Å². The van der Waals surface area contributed by atoms with Gasteiger partial charge in [-0.25, -0.2) is 17.6 Å². The first kappa shape index (κ1) is 27.4. The van der Waals surface area contributed by atoms with Gasteiger partial charge in [0.15, 0.2) is 0 Å². The van der Waals surface area contributed by atoms with Crippen molar-refractivity contribution < 1.29 is 69.6 Å². The number of alkyl halides is 6. The first-order valence-electron chi connectivity index (χ1n) is 6.93. The molecule has 2 rings (SSSR count). The minimum atomic E-state index is -5.16. The summed E-state index contributed by atoms with van der Waals surface area (Å²) in [5.74, 6) is -8.31. The summed E-state index contributed by atoms with van der Waals surface area (Å²) in [6, 6.07) is 0.838. The predicted molar refractivity (Wildman–Crippen MR) is 79.5 cm³/mol. The van der Waals surface area contributed by atoms with Gasteiger partial charge in [0.25, 0.3) is 0 Å². The van der Waals surface area contributed by atoms with Gasteiger partial charge in [-0.3, -0.25) is 10.5 Å². The molecule has 2 aromatic rings. The monoisotopic (exact) mass is 458 g/mol. The Kier molecular flexibility index (Phi) is 9.58. The van der Waals surface area contributed by atoms with Crippen molar-refractivity contribution in [3.63, 3.8) is 0 Å². The molecule has 0 atom stereocenters. The highest BCUT2D eigenvalue weighted by molar-refractivity contribution is 6.58. The zero-order valence-electron chi connectivity index (χ0n) is 13.9. The molecule has 5 N–H and O–H groups in total. The molecule has 0 aliphatic rings. The lowest BCUT2D eigenvalue weighted by Gasteiger charge is -2.10. The average Bonchev–Trinajstić information content (AvgIpc) is 2.52. The zero-order valence-corrected chi connectivity index (χ0v) is 13.9. The van der Waals surface area contributed by atoms with Gasteiger partial charge in [0.1, 0.15) is 40.1 Å². The minimum absolute atomic E-state index is 0.200. The molecule has 0 aliphatic carbocycles. The predicted octanol–water partition coefficient (Wildman–Crippen LogP) is 3.37. The highest BCUT2D eigenvalue weighted by Crippen LogP contribution is 2.35. The van der Waals surface area contributed by atoms with Gasteiger partial charge in [-0.1, -0.05) is 0 Å². The zero-order chi connectivity index (χ0) is 24.0. The Morgan fingerprint density at radius 2 is 0.867 bits per heavy atom. The van der Waals surface area contributed by atoms with Crippen molar-refractivity contribution in [1.82, 2.24) is 0 Å². The van der Waals surface area contributed by atoms with Gasteiger partial charge in [-0.2, -0.15) is 26.3 Å². The number of phenols is 1. The molecule has 0 radical (unpaired) electrons. The molecule has 16 heteroatoms.